The fraction of sp³-hybridized carbons (Fsp3) is 0. The minimum Gasteiger partial charge on any atom is -0.397 e. The fourth-order valence-corrected chi connectivity index (χ4v) is 2.77. The molecule has 0 unspecified atom stereocenters. The van der Waals surface area contributed by atoms with Crippen LogP contribution in [0.5, 0.6) is 0 Å². The third kappa shape index (κ3) is 2.44. The predicted octanol–water partition coefficient (Wildman–Crippen LogP) is 3.30. The Hall–Kier alpha value is -1.80. The number of hydrogen-bond donors (Lipinski definition) is 1. The Kier molecular flexibility index (Phi) is 3.49. The number of nitrogens with zero attached hydrogens (tertiary/aromatic N) is 4. The van der Waals surface area contributed by atoms with E-state index in [1.165, 1.54) is 6.20 Å². The summed E-state index contributed by atoms with van der Waals surface area (Å²) < 4.78 is 6.85. The Balaban J connectivity index is 2.04. The van der Waals surface area contributed by atoms with E-state index in [9.17, 15) is 0 Å². The van der Waals surface area contributed by atoms with Crippen LogP contribution in [-0.2, 0) is 0 Å². The van der Waals surface area contributed by atoms with E-state index in [-0.39, 0.29) is 0 Å². The van der Waals surface area contributed by atoms with E-state index in [0.29, 0.717) is 28.7 Å². The van der Waals surface area contributed by atoms with Gasteiger partial charge in [-0.1, -0.05) is 5.16 Å². The lowest BCUT2D eigenvalue weighted by atomic mass is 10.2. The van der Waals surface area contributed by atoms with E-state index in [1.807, 2.05) is 6.07 Å². The molecule has 20 heavy (non-hydrogen) atoms. The molecule has 0 saturated carbocycles. The van der Waals surface area contributed by atoms with Crippen molar-refractivity contribution < 1.29 is 4.52 Å². The van der Waals surface area contributed by atoms with Crippen molar-refractivity contribution in [2.45, 2.75) is 0 Å². The SMILES string of the molecule is Nc1cnccc1-c1nc(-c2ncc(Br)cc2Br)no1. The molecule has 6 nitrogen and oxygen atoms in total. The molecule has 0 atom stereocenters. The second-order valence-corrected chi connectivity index (χ2v) is 5.64. The number of pyridine rings is 2. The molecule has 0 aliphatic heterocycles. The maximum absolute atomic E-state index is 5.83. The van der Waals surface area contributed by atoms with Crippen LogP contribution in [-0.4, -0.2) is 20.1 Å². The number of hydrogen-bond acceptors (Lipinski definition) is 6. The van der Waals surface area contributed by atoms with E-state index in [1.54, 1.807) is 18.5 Å². The number of nitrogen functional groups attached to an aromatic ring is 1. The van der Waals surface area contributed by atoms with Gasteiger partial charge in [0, 0.05) is 21.3 Å². The summed E-state index contributed by atoms with van der Waals surface area (Å²) >= 11 is 6.75. The summed E-state index contributed by atoms with van der Waals surface area (Å²) in [6, 6.07) is 3.58. The molecule has 0 aromatic carbocycles. The molecule has 3 heterocycles. The quantitative estimate of drug-likeness (QED) is 0.714. The first-order valence-electron chi connectivity index (χ1n) is 5.50. The number of halogens is 2. The van der Waals surface area contributed by atoms with Gasteiger partial charge in [-0.3, -0.25) is 9.97 Å². The summed E-state index contributed by atoms with van der Waals surface area (Å²) in [6.45, 7) is 0. The lowest BCUT2D eigenvalue weighted by Gasteiger charge is -1.98. The molecule has 3 aromatic heterocycles. The molecule has 8 heteroatoms. The number of nitrogens with two attached hydrogens (primary N) is 1. The van der Waals surface area contributed by atoms with E-state index in [0.717, 1.165) is 8.95 Å². The smallest absolute Gasteiger partial charge is 0.260 e. The van der Waals surface area contributed by atoms with Gasteiger partial charge in [0.25, 0.3) is 5.89 Å². The third-order valence-corrected chi connectivity index (χ3v) is 3.57. The highest BCUT2D eigenvalue weighted by Crippen LogP contribution is 2.29. The predicted molar refractivity (Wildman–Crippen MR) is 80.6 cm³/mol. The van der Waals surface area contributed by atoms with Crippen LogP contribution in [0.25, 0.3) is 23.0 Å². The Morgan fingerprint density at radius 3 is 2.80 bits per heavy atom. The van der Waals surface area contributed by atoms with Crippen molar-refractivity contribution in [2.75, 3.05) is 5.73 Å². The molecule has 0 fully saturated rings. The highest BCUT2D eigenvalue weighted by molar-refractivity contribution is 9.11. The summed E-state index contributed by atoms with van der Waals surface area (Å²) in [6.07, 6.45) is 4.81. The summed E-state index contributed by atoms with van der Waals surface area (Å²) in [5.41, 5.74) is 7.54. The van der Waals surface area contributed by atoms with Crippen molar-refractivity contribution in [1.29, 1.82) is 0 Å². The van der Waals surface area contributed by atoms with E-state index in [4.69, 9.17) is 10.3 Å². The highest BCUT2D eigenvalue weighted by atomic mass is 79.9. The highest BCUT2D eigenvalue weighted by Gasteiger charge is 2.16. The zero-order valence-electron chi connectivity index (χ0n) is 9.92. The number of aromatic nitrogens is 4. The third-order valence-electron chi connectivity index (χ3n) is 2.53. The molecular weight excluding hydrogens is 390 g/mol. The Morgan fingerprint density at radius 1 is 1.20 bits per heavy atom. The average Bonchev–Trinajstić information content (AvgIpc) is 2.88. The van der Waals surface area contributed by atoms with Crippen LogP contribution < -0.4 is 5.73 Å². The minimum atomic E-state index is 0.330. The first-order valence-corrected chi connectivity index (χ1v) is 7.09. The van der Waals surface area contributed by atoms with Crippen LogP contribution >= 0.6 is 31.9 Å². The molecule has 0 saturated heterocycles. The van der Waals surface area contributed by atoms with E-state index < -0.39 is 0 Å². The zero-order chi connectivity index (χ0) is 14.1. The fourth-order valence-electron chi connectivity index (χ4n) is 1.61. The molecule has 0 radical (unpaired) electrons. The van der Waals surface area contributed by atoms with Crippen LogP contribution in [0.4, 0.5) is 5.69 Å². The normalized spacial score (nSPS) is 10.7. The molecule has 0 spiro atoms. The van der Waals surface area contributed by atoms with Gasteiger partial charge in [-0.15, -0.1) is 0 Å². The molecular formula is C12H7Br2N5O. The molecule has 0 aliphatic carbocycles. The first-order chi connectivity index (χ1) is 9.65. The Bertz CT molecular complexity index is 774. The van der Waals surface area contributed by atoms with Gasteiger partial charge >= 0.3 is 0 Å². The van der Waals surface area contributed by atoms with Gasteiger partial charge in [-0.25, -0.2) is 0 Å². The number of rotatable bonds is 2. The molecule has 3 rings (SSSR count). The first kappa shape index (κ1) is 13.2. The number of anilines is 1. The lowest BCUT2D eigenvalue weighted by Crippen LogP contribution is -1.91. The minimum absolute atomic E-state index is 0.330. The van der Waals surface area contributed by atoms with Gasteiger partial charge < -0.3 is 10.3 Å². The standard InChI is InChI=1S/C12H7Br2N5O/c13-6-3-8(14)10(17-4-6)11-18-12(20-19-11)7-1-2-16-5-9(7)15/h1-5H,15H2. The van der Waals surface area contributed by atoms with Crippen LogP contribution in [0, 0.1) is 0 Å². The van der Waals surface area contributed by atoms with Gasteiger partial charge in [0.15, 0.2) is 0 Å². The van der Waals surface area contributed by atoms with Gasteiger partial charge in [0.05, 0.1) is 17.4 Å². The van der Waals surface area contributed by atoms with Gasteiger partial charge in [0.2, 0.25) is 5.82 Å². The second-order valence-electron chi connectivity index (χ2n) is 3.87. The Morgan fingerprint density at radius 2 is 2.05 bits per heavy atom. The topological polar surface area (TPSA) is 90.7 Å². The van der Waals surface area contributed by atoms with Gasteiger partial charge in [0.1, 0.15) is 5.69 Å². The maximum atomic E-state index is 5.83. The van der Waals surface area contributed by atoms with Gasteiger partial charge in [-0.05, 0) is 44.0 Å². The van der Waals surface area contributed by atoms with E-state index >= 15 is 0 Å². The molecule has 0 bridgehead atoms. The second kappa shape index (κ2) is 5.29. The molecule has 100 valence electrons. The van der Waals surface area contributed by atoms with Crippen molar-refractivity contribution in [3.8, 4) is 23.0 Å². The molecule has 3 aromatic rings. The summed E-state index contributed by atoms with van der Waals surface area (Å²) in [5.74, 6) is 0.715. The van der Waals surface area contributed by atoms with Crippen molar-refractivity contribution in [3.63, 3.8) is 0 Å². The van der Waals surface area contributed by atoms with Crippen molar-refractivity contribution in [1.82, 2.24) is 20.1 Å². The van der Waals surface area contributed by atoms with Crippen LogP contribution in [0.3, 0.4) is 0 Å². The van der Waals surface area contributed by atoms with Crippen molar-refractivity contribution in [2.24, 2.45) is 0 Å². The maximum Gasteiger partial charge on any atom is 0.260 e. The van der Waals surface area contributed by atoms with Crippen LogP contribution in [0.15, 0.2) is 44.2 Å². The molecule has 0 aliphatic rings. The monoisotopic (exact) mass is 395 g/mol. The average molecular weight is 397 g/mol. The molecule has 2 N–H and O–H groups in total. The van der Waals surface area contributed by atoms with E-state index in [2.05, 4.69) is 52.0 Å². The summed E-state index contributed by atoms with van der Waals surface area (Å²) in [4.78, 5) is 12.5. The Labute approximate surface area is 130 Å². The van der Waals surface area contributed by atoms with Crippen molar-refractivity contribution in [3.05, 3.63) is 39.7 Å². The van der Waals surface area contributed by atoms with Crippen LogP contribution in [0.1, 0.15) is 0 Å². The lowest BCUT2D eigenvalue weighted by molar-refractivity contribution is 0.432. The largest absolute Gasteiger partial charge is 0.397 e. The van der Waals surface area contributed by atoms with Crippen LogP contribution in [0.2, 0.25) is 0 Å². The zero-order valence-corrected chi connectivity index (χ0v) is 13.1. The summed E-state index contributed by atoms with van der Waals surface area (Å²) in [5, 5.41) is 3.92. The summed E-state index contributed by atoms with van der Waals surface area (Å²) in [7, 11) is 0. The van der Waals surface area contributed by atoms with Crippen molar-refractivity contribution >= 4 is 37.5 Å². The molecule has 0 amide bonds. The van der Waals surface area contributed by atoms with Gasteiger partial charge in [-0.2, -0.15) is 4.98 Å².